The molecule has 0 saturated carbocycles. The highest BCUT2D eigenvalue weighted by Crippen LogP contribution is 2.32. The molecule has 2 aromatic rings. The number of amides is 2. The number of rotatable bonds is 4. The predicted octanol–water partition coefficient (Wildman–Crippen LogP) is 4.89. The van der Waals surface area contributed by atoms with Crippen molar-refractivity contribution in [2.75, 3.05) is 13.1 Å². The van der Waals surface area contributed by atoms with E-state index < -0.39 is 5.91 Å². The number of hydrogen-bond acceptors (Lipinski definition) is 6. The van der Waals surface area contributed by atoms with Gasteiger partial charge in [-0.3, -0.25) is 15.0 Å². The quantitative estimate of drug-likeness (QED) is 0.601. The number of halogens is 2. The van der Waals surface area contributed by atoms with Crippen molar-refractivity contribution >= 4 is 68.9 Å². The first kappa shape index (κ1) is 21.9. The average Bonchev–Trinajstić information content (AvgIpc) is 3.54. The van der Waals surface area contributed by atoms with E-state index in [1.54, 1.807) is 30.3 Å². The minimum atomic E-state index is -0.562. The van der Waals surface area contributed by atoms with Gasteiger partial charge in [0.15, 0.2) is 5.84 Å². The van der Waals surface area contributed by atoms with Crippen molar-refractivity contribution in [1.29, 1.82) is 5.41 Å². The van der Waals surface area contributed by atoms with Crippen LogP contribution >= 0.6 is 35.0 Å². The lowest BCUT2D eigenvalue weighted by atomic mass is 10.1. The number of aliphatic imine (C=N–C) groups is 1. The molecule has 33 heavy (non-hydrogen) atoms. The lowest BCUT2D eigenvalue weighted by Gasteiger charge is -2.19. The van der Waals surface area contributed by atoms with Gasteiger partial charge < -0.3 is 9.32 Å². The summed E-state index contributed by atoms with van der Waals surface area (Å²) in [6.07, 6.45) is 3.61. The molecule has 0 unspecified atom stereocenters. The lowest BCUT2D eigenvalue weighted by Crippen LogP contribution is -2.35. The van der Waals surface area contributed by atoms with Gasteiger partial charge in [-0.1, -0.05) is 23.2 Å². The smallest absolute Gasteiger partial charge is 0.283 e. The molecule has 5 rings (SSSR count). The molecule has 1 fully saturated rings. The number of nitrogens with one attached hydrogen (secondary N) is 1. The molecule has 1 aromatic carbocycles. The predicted molar refractivity (Wildman–Crippen MR) is 130 cm³/mol. The second-order valence-corrected chi connectivity index (χ2v) is 9.46. The Morgan fingerprint density at radius 3 is 2.73 bits per heavy atom. The highest BCUT2D eigenvalue weighted by atomic mass is 35.5. The van der Waals surface area contributed by atoms with Crippen molar-refractivity contribution in [2.24, 2.45) is 10.1 Å². The van der Waals surface area contributed by atoms with Gasteiger partial charge in [0.2, 0.25) is 11.1 Å². The van der Waals surface area contributed by atoms with E-state index in [4.69, 9.17) is 33.0 Å². The van der Waals surface area contributed by atoms with Crippen LogP contribution in [0.4, 0.5) is 0 Å². The third-order valence-corrected chi connectivity index (χ3v) is 7.02. The molecule has 0 radical (unpaired) electrons. The Labute approximate surface area is 203 Å². The topological polar surface area (TPSA) is 102 Å². The molecule has 0 atom stereocenters. The second kappa shape index (κ2) is 8.81. The molecule has 11 heteroatoms. The molecule has 2 amide bonds. The van der Waals surface area contributed by atoms with Crippen molar-refractivity contribution < 1.29 is 14.0 Å². The van der Waals surface area contributed by atoms with Crippen molar-refractivity contribution in [3.63, 3.8) is 0 Å². The maximum absolute atomic E-state index is 12.6. The van der Waals surface area contributed by atoms with Gasteiger partial charge >= 0.3 is 0 Å². The summed E-state index contributed by atoms with van der Waals surface area (Å²) in [4.78, 5) is 30.9. The van der Waals surface area contributed by atoms with Gasteiger partial charge in [-0.15, -0.1) is 0 Å². The van der Waals surface area contributed by atoms with Gasteiger partial charge in [-0.25, -0.2) is 0 Å². The van der Waals surface area contributed by atoms with Gasteiger partial charge in [-0.2, -0.15) is 15.1 Å². The van der Waals surface area contributed by atoms with Gasteiger partial charge in [-0.05, 0) is 61.0 Å². The molecule has 1 aromatic heterocycles. The fourth-order valence-corrected chi connectivity index (χ4v) is 4.86. The minimum Gasteiger partial charge on any atom is -0.457 e. The Kier molecular flexibility index (Phi) is 5.86. The molecule has 168 valence electrons. The number of likely N-dealkylation sites (tertiary alicyclic amines) is 1. The Morgan fingerprint density at radius 1 is 1.18 bits per heavy atom. The summed E-state index contributed by atoms with van der Waals surface area (Å²) in [5.74, 6) is 0.236. The summed E-state index contributed by atoms with van der Waals surface area (Å²) in [6.45, 7) is 1.52. The van der Waals surface area contributed by atoms with Crippen LogP contribution in [0.25, 0.3) is 17.4 Å². The molecular formula is C22H17Cl2N5O3S. The number of furan rings is 1. The number of benzene rings is 1. The van der Waals surface area contributed by atoms with E-state index in [0.717, 1.165) is 43.3 Å². The highest BCUT2D eigenvalue weighted by Gasteiger charge is 2.36. The molecule has 8 nitrogen and oxygen atoms in total. The van der Waals surface area contributed by atoms with Crippen molar-refractivity contribution in [3.8, 4) is 11.3 Å². The third-order valence-electron chi connectivity index (χ3n) is 5.38. The number of fused-ring (bicyclic) bond motifs is 1. The van der Waals surface area contributed by atoms with Crippen LogP contribution in [0.1, 0.15) is 25.0 Å². The second-order valence-electron chi connectivity index (χ2n) is 7.61. The van der Waals surface area contributed by atoms with Crippen molar-refractivity contribution in [2.45, 2.75) is 19.3 Å². The zero-order valence-electron chi connectivity index (χ0n) is 17.2. The average molecular weight is 502 g/mol. The van der Waals surface area contributed by atoms with Gasteiger partial charge in [0.05, 0.1) is 22.0 Å². The monoisotopic (exact) mass is 501 g/mol. The first-order chi connectivity index (χ1) is 15.9. The Hall–Kier alpha value is -2.88. The first-order valence-corrected chi connectivity index (χ1v) is 11.8. The van der Waals surface area contributed by atoms with E-state index in [1.807, 2.05) is 4.90 Å². The van der Waals surface area contributed by atoms with Crippen molar-refractivity contribution in [1.82, 2.24) is 9.91 Å². The number of hydrazone groups is 1. The van der Waals surface area contributed by atoms with E-state index in [9.17, 15) is 9.59 Å². The standard InChI is InChI=1S/C22H17Cl2N5O3S/c23-15-5-3-12(9-16(15)24)17-6-4-13(32-17)10-14-20(25)29-22(26-21(14)31)33-18(27-29)11-19(30)28-7-1-2-8-28/h3-6,9-10,25H,1-2,7-8,11H2/b14-10+,25-20?. The number of carbonyl (C=O) groups is 2. The Morgan fingerprint density at radius 2 is 1.97 bits per heavy atom. The summed E-state index contributed by atoms with van der Waals surface area (Å²) in [5.41, 5.74) is 0.775. The van der Waals surface area contributed by atoms with Crippen LogP contribution in [-0.4, -0.2) is 50.9 Å². The maximum atomic E-state index is 12.6. The summed E-state index contributed by atoms with van der Waals surface area (Å²) >= 11 is 13.2. The number of amidine groups is 2. The van der Waals surface area contributed by atoms with E-state index in [-0.39, 0.29) is 28.9 Å². The molecule has 0 aliphatic carbocycles. The summed E-state index contributed by atoms with van der Waals surface area (Å²) in [6, 6.07) is 8.56. The van der Waals surface area contributed by atoms with Crippen LogP contribution in [0.15, 0.2) is 50.4 Å². The molecule has 4 heterocycles. The molecule has 0 spiro atoms. The van der Waals surface area contributed by atoms with E-state index >= 15 is 0 Å². The Balaban J connectivity index is 1.35. The van der Waals surface area contributed by atoms with E-state index in [1.165, 1.54) is 11.1 Å². The molecule has 0 bridgehead atoms. The third kappa shape index (κ3) is 4.36. The lowest BCUT2D eigenvalue weighted by molar-refractivity contribution is -0.128. The summed E-state index contributed by atoms with van der Waals surface area (Å²) in [7, 11) is 0. The largest absolute Gasteiger partial charge is 0.457 e. The van der Waals surface area contributed by atoms with Crippen LogP contribution in [-0.2, 0) is 9.59 Å². The summed E-state index contributed by atoms with van der Waals surface area (Å²) in [5, 5.41) is 15.8. The Bertz CT molecular complexity index is 1280. The minimum absolute atomic E-state index is 0.00163. The van der Waals surface area contributed by atoms with Crippen LogP contribution in [0, 0.1) is 5.41 Å². The van der Waals surface area contributed by atoms with Gasteiger partial charge in [0, 0.05) is 18.7 Å². The molecule has 1 saturated heterocycles. The SMILES string of the molecule is N=C1/C(=C\c2ccc(-c3ccc(Cl)c(Cl)c3)o2)C(=O)N=C2SC(CC(=O)N3CCCC3)=NN12. The maximum Gasteiger partial charge on any atom is 0.283 e. The van der Waals surface area contributed by atoms with E-state index in [0.29, 0.717) is 26.6 Å². The summed E-state index contributed by atoms with van der Waals surface area (Å²) < 4.78 is 5.82. The van der Waals surface area contributed by atoms with Gasteiger partial charge in [0.25, 0.3) is 5.91 Å². The molecule has 3 aliphatic rings. The van der Waals surface area contributed by atoms with Crippen LogP contribution in [0.3, 0.4) is 0 Å². The molecule has 3 aliphatic heterocycles. The van der Waals surface area contributed by atoms with Crippen LogP contribution in [0.5, 0.6) is 0 Å². The normalized spacial score (nSPS) is 19.3. The fraction of sp³-hybridized carbons (Fsp3) is 0.227. The molecule has 1 N–H and O–H groups in total. The zero-order chi connectivity index (χ0) is 23.1. The van der Waals surface area contributed by atoms with Crippen molar-refractivity contribution in [3.05, 3.63) is 51.7 Å². The van der Waals surface area contributed by atoms with Crippen LogP contribution < -0.4 is 0 Å². The highest BCUT2D eigenvalue weighted by molar-refractivity contribution is 8.27. The zero-order valence-corrected chi connectivity index (χ0v) is 19.5. The van der Waals surface area contributed by atoms with Crippen LogP contribution in [0.2, 0.25) is 10.0 Å². The first-order valence-electron chi connectivity index (χ1n) is 10.2. The fourth-order valence-electron chi connectivity index (χ4n) is 3.69. The number of thioether (sulfide) groups is 1. The number of nitrogens with zero attached hydrogens (tertiary/aromatic N) is 4. The number of hydrogen-bond donors (Lipinski definition) is 1. The van der Waals surface area contributed by atoms with E-state index in [2.05, 4.69) is 10.1 Å². The number of carbonyl (C=O) groups excluding carboxylic acids is 2. The van der Waals surface area contributed by atoms with Gasteiger partial charge in [0.1, 0.15) is 16.6 Å². The molecular weight excluding hydrogens is 485 g/mol.